The highest BCUT2D eigenvalue weighted by Crippen LogP contribution is 2.80. The van der Waals surface area contributed by atoms with Gasteiger partial charge < -0.3 is 33.9 Å². The molecule has 1 spiro atoms. The third-order valence-corrected chi connectivity index (χ3v) is 14.5. The number of nitrogens with zero attached hydrogens (tertiary/aromatic N) is 2. The second kappa shape index (κ2) is 11.3. The summed E-state index contributed by atoms with van der Waals surface area (Å²) in [6, 6.07) is 6.12. The fourth-order valence-corrected chi connectivity index (χ4v) is 13.2. The number of methoxy groups -OCH3 is 4. The third-order valence-electron chi connectivity index (χ3n) is 14.5. The number of piperidine rings is 1. The number of benzene rings is 1. The zero-order valence-electron chi connectivity index (χ0n) is 29.3. The van der Waals surface area contributed by atoms with Crippen LogP contribution in [0.5, 0.6) is 0 Å². The molecular formula is C37H50N2O10. The summed E-state index contributed by atoms with van der Waals surface area (Å²) in [7, 11) is 6.70. The topological polar surface area (TPSA) is 144 Å². The molecule has 1 aromatic rings. The molecule has 2 amide bonds. The van der Waals surface area contributed by atoms with Crippen molar-refractivity contribution in [3.05, 3.63) is 29.8 Å². The van der Waals surface area contributed by atoms with Crippen molar-refractivity contribution in [3.63, 3.8) is 0 Å². The number of carbonyl (C=O) groups excluding carboxylic acids is 3. The number of ether oxygens (including phenoxy) is 5. The molecule has 268 valence electrons. The largest absolute Gasteiger partial charge is 0.461 e. The summed E-state index contributed by atoms with van der Waals surface area (Å²) in [6.45, 7) is 4.95. The number of imide groups is 1. The van der Waals surface area contributed by atoms with Crippen LogP contribution in [0.1, 0.15) is 56.3 Å². The van der Waals surface area contributed by atoms with Gasteiger partial charge in [0.25, 0.3) is 0 Å². The molecule has 14 atom stereocenters. The Morgan fingerprint density at radius 1 is 1.04 bits per heavy atom. The molecule has 7 aliphatic rings. The molecule has 0 radical (unpaired) electrons. The van der Waals surface area contributed by atoms with Gasteiger partial charge in [-0.1, -0.05) is 26.0 Å². The van der Waals surface area contributed by atoms with Gasteiger partial charge in [0.15, 0.2) is 0 Å². The van der Waals surface area contributed by atoms with Gasteiger partial charge in [-0.3, -0.25) is 14.5 Å². The number of hydrogen-bond acceptors (Lipinski definition) is 11. The van der Waals surface area contributed by atoms with E-state index in [9.17, 15) is 24.6 Å². The summed E-state index contributed by atoms with van der Waals surface area (Å²) in [5, 5.41) is 26.6. The van der Waals surface area contributed by atoms with E-state index in [-0.39, 0.29) is 84.5 Å². The molecule has 7 bridgehead atoms. The van der Waals surface area contributed by atoms with E-state index in [4.69, 9.17) is 23.7 Å². The molecule has 0 aromatic heterocycles. The molecule has 5 saturated carbocycles. The number of likely N-dealkylation sites (N-methyl/N-ethyl adjacent to an activating group) is 1. The zero-order valence-corrected chi connectivity index (χ0v) is 29.3. The van der Waals surface area contributed by atoms with E-state index in [1.807, 2.05) is 0 Å². The Morgan fingerprint density at radius 2 is 1.80 bits per heavy atom. The average molecular weight is 683 g/mol. The minimum atomic E-state index is -1.70. The molecular weight excluding hydrogens is 632 g/mol. The summed E-state index contributed by atoms with van der Waals surface area (Å²) < 4.78 is 31.4. The van der Waals surface area contributed by atoms with Crippen LogP contribution in [0.4, 0.5) is 5.69 Å². The number of aliphatic hydroxyl groups is 2. The molecule has 49 heavy (non-hydrogen) atoms. The average Bonchev–Trinajstić information content (AvgIpc) is 3.63. The van der Waals surface area contributed by atoms with E-state index in [2.05, 4.69) is 11.8 Å². The lowest BCUT2D eigenvalue weighted by atomic mass is 9.42. The van der Waals surface area contributed by atoms with Crippen molar-refractivity contribution in [1.29, 1.82) is 0 Å². The number of amides is 2. The Balaban J connectivity index is 1.23. The van der Waals surface area contributed by atoms with Crippen LogP contribution < -0.4 is 4.90 Å². The predicted molar refractivity (Wildman–Crippen MR) is 174 cm³/mol. The molecule has 8 rings (SSSR count). The fourth-order valence-electron chi connectivity index (χ4n) is 13.2. The number of para-hydroxylation sites is 1. The Bertz CT molecular complexity index is 1560. The van der Waals surface area contributed by atoms with Gasteiger partial charge in [0.2, 0.25) is 11.8 Å². The van der Waals surface area contributed by atoms with Crippen molar-refractivity contribution < 1.29 is 48.3 Å². The van der Waals surface area contributed by atoms with Gasteiger partial charge in [-0.25, -0.2) is 9.69 Å². The smallest absolute Gasteiger partial charge is 0.340 e. The van der Waals surface area contributed by atoms with Gasteiger partial charge >= 0.3 is 5.97 Å². The van der Waals surface area contributed by atoms with Crippen molar-refractivity contribution >= 4 is 23.5 Å². The van der Waals surface area contributed by atoms with E-state index in [1.165, 1.54) is 0 Å². The maximum atomic E-state index is 14.1. The van der Waals surface area contributed by atoms with Gasteiger partial charge in [0, 0.05) is 82.3 Å². The lowest BCUT2D eigenvalue weighted by Crippen LogP contribution is -2.82. The van der Waals surface area contributed by atoms with E-state index in [1.54, 1.807) is 59.6 Å². The number of rotatable bonds is 9. The maximum Gasteiger partial charge on any atom is 0.340 e. The minimum absolute atomic E-state index is 0.0358. The van der Waals surface area contributed by atoms with Crippen LogP contribution in [0.3, 0.4) is 0 Å². The number of likely N-dealkylation sites (tertiary alicyclic amines) is 1. The number of esters is 1. The monoisotopic (exact) mass is 682 g/mol. The van der Waals surface area contributed by atoms with Crippen LogP contribution in [0, 0.1) is 40.4 Å². The minimum Gasteiger partial charge on any atom is -0.461 e. The molecule has 2 N–H and O–H groups in total. The molecule has 5 aliphatic carbocycles. The summed E-state index contributed by atoms with van der Waals surface area (Å²) in [5.41, 5.74) is -4.17. The van der Waals surface area contributed by atoms with Crippen LogP contribution in [0.2, 0.25) is 0 Å². The number of hydrogen-bond donors (Lipinski definition) is 2. The molecule has 2 heterocycles. The van der Waals surface area contributed by atoms with E-state index >= 15 is 0 Å². The van der Waals surface area contributed by atoms with Crippen LogP contribution in [0.15, 0.2) is 24.3 Å². The quantitative estimate of drug-likeness (QED) is 0.292. The van der Waals surface area contributed by atoms with Crippen molar-refractivity contribution in [2.45, 2.75) is 87.6 Å². The van der Waals surface area contributed by atoms with E-state index < -0.39 is 46.1 Å². The molecule has 12 nitrogen and oxygen atoms in total. The highest BCUT2D eigenvalue weighted by atomic mass is 16.5. The first-order valence-corrected chi connectivity index (χ1v) is 17.9. The Hall–Kier alpha value is -2.45. The van der Waals surface area contributed by atoms with Crippen LogP contribution in [-0.2, 0) is 33.3 Å². The van der Waals surface area contributed by atoms with Crippen LogP contribution in [-0.4, -0.2) is 123 Å². The van der Waals surface area contributed by atoms with Crippen molar-refractivity contribution in [2.75, 3.05) is 53.0 Å². The summed E-state index contributed by atoms with van der Waals surface area (Å²) >= 11 is 0. The van der Waals surface area contributed by atoms with Crippen LogP contribution in [0.25, 0.3) is 0 Å². The summed E-state index contributed by atoms with van der Waals surface area (Å²) in [5.74, 6) is -2.47. The molecule has 12 heteroatoms. The molecule has 1 aromatic carbocycles. The Morgan fingerprint density at radius 3 is 2.43 bits per heavy atom. The van der Waals surface area contributed by atoms with Gasteiger partial charge in [-0.15, -0.1) is 0 Å². The number of carbonyl (C=O) groups is 3. The second-order valence-corrected chi connectivity index (χ2v) is 16.0. The molecule has 2 saturated heterocycles. The third kappa shape index (κ3) is 3.86. The summed E-state index contributed by atoms with van der Waals surface area (Å²) in [4.78, 5) is 43.3. The fraction of sp³-hybridized carbons (Fsp3) is 0.757. The lowest BCUT2D eigenvalue weighted by molar-refractivity contribution is -0.320. The molecule has 5 unspecified atom stereocenters. The standard InChI is InChI=1S/C37H50N2O10/c1-7-38-17-34(18-49-32(42)20-10-8-9-11-23(20)39-26(40)14-19(2)31(39)41)13-12-25(46-4)36-22-15-21-24(45-3)16-35(43,27(22)28(21)47-5)37(44,33(36)38)30(48-6)29(34)36/h8-11,19,21-22,24-25,27-30,33,43-44H,7,12-18H2,1-6H3/t19?,21?,22-,24+,25?,27-,28?,29-,30+,33+,34+,35-,36?,37+/m1/s1. The molecule has 2 aliphatic heterocycles. The van der Waals surface area contributed by atoms with Gasteiger partial charge in [-0.2, -0.15) is 0 Å². The van der Waals surface area contributed by atoms with Gasteiger partial charge in [0.1, 0.15) is 11.2 Å². The first-order chi connectivity index (χ1) is 23.4. The van der Waals surface area contributed by atoms with Crippen LogP contribution >= 0.6 is 0 Å². The first-order valence-electron chi connectivity index (χ1n) is 17.9. The number of anilines is 1. The van der Waals surface area contributed by atoms with Crippen molar-refractivity contribution in [2.24, 2.45) is 40.4 Å². The Kier molecular flexibility index (Phi) is 7.75. The normalized spacial score (nSPS) is 48.0. The number of fused-ring (bicyclic) bond motifs is 2. The SMILES string of the molecule is CCN1C[C@]2(COC(=O)c3ccccc3N3C(=O)CC(C)C3=O)CCC(OC)C34[C@@H]5CC6C(OC)[C@@H]5[C@](O)(C[C@@H]6OC)[C@](O)([C@@H](OC)[C@@H]32)[C@@H]14. The van der Waals surface area contributed by atoms with Crippen molar-refractivity contribution in [3.8, 4) is 0 Å². The molecule has 7 fully saturated rings. The highest BCUT2D eigenvalue weighted by molar-refractivity contribution is 6.22. The highest BCUT2D eigenvalue weighted by Gasteiger charge is 2.91. The van der Waals surface area contributed by atoms with E-state index in [0.29, 0.717) is 25.9 Å². The van der Waals surface area contributed by atoms with Crippen molar-refractivity contribution in [1.82, 2.24) is 4.90 Å². The van der Waals surface area contributed by atoms with Gasteiger partial charge in [-0.05, 0) is 43.9 Å². The zero-order chi connectivity index (χ0) is 34.8. The second-order valence-electron chi connectivity index (χ2n) is 16.0. The summed E-state index contributed by atoms with van der Waals surface area (Å²) in [6.07, 6.45) is 0.813. The van der Waals surface area contributed by atoms with Gasteiger partial charge in [0.05, 0.1) is 48.3 Å². The lowest BCUT2D eigenvalue weighted by Gasteiger charge is -2.70. The maximum absolute atomic E-state index is 14.1. The Labute approximate surface area is 287 Å². The first kappa shape index (κ1) is 33.7. The van der Waals surface area contributed by atoms with E-state index in [0.717, 1.165) is 11.3 Å². The predicted octanol–water partition coefficient (Wildman–Crippen LogP) is 2.04.